The Morgan fingerprint density at radius 1 is 0.909 bits per heavy atom. The molecule has 2 aliphatic rings. The van der Waals surface area contributed by atoms with Gasteiger partial charge < -0.3 is 14.9 Å². The largest absolute Gasteiger partial charge is 0.390 e. The van der Waals surface area contributed by atoms with Crippen molar-refractivity contribution in [2.24, 2.45) is 0 Å². The maximum atomic E-state index is 9.35. The molecule has 3 heteroatoms. The van der Waals surface area contributed by atoms with Crippen molar-refractivity contribution in [2.45, 2.75) is 50.1 Å². The van der Waals surface area contributed by atoms with E-state index < -0.39 is 12.2 Å². The van der Waals surface area contributed by atoms with E-state index >= 15 is 0 Å². The van der Waals surface area contributed by atoms with Crippen molar-refractivity contribution in [3.8, 4) is 0 Å². The third-order valence-electron chi connectivity index (χ3n) is 2.65. The molecule has 3 nitrogen and oxygen atoms in total. The van der Waals surface area contributed by atoms with E-state index in [1.165, 1.54) is 0 Å². The third-order valence-corrected chi connectivity index (χ3v) is 2.65. The topological polar surface area (TPSA) is 49.7 Å². The predicted octanol–water partition coefficient (Wildman–Crippen LogP) is 0.0496. The molecule has 0 aromatic rings. The molecule has 0 aromatic carbocycles. The van der Waals surface area contributed by atoms with E-state index in [0.717, 1.165) is 12.8 Å². The molecular weight excluding hydrogens is 144 g/mol. The van der Waals surface area contributed by atoms with Crippen LogP contribution in [0.1, 0.15) is 25.7 Å². The quantitative estimate of drug-likeness (QED) is 0.523. The van der Waals surface area contributed by atoms with Crippen LogP contribution in [-0.2, 0) is 4.74 Å². The first-order valence-electron chi connectivity index (χ1n) is 4.27. The van der Waals surface area contributed by atoms with Gasteiger partial charge in [0.25, 0.3) is 0 Å². The van der Waals surface area contributed by atoms with Crippen LogP contribution in [0.5, 0.6) is 0 Å². The molecule has 11 heavy (non-hydrogen) atoms. The first-order chi connectivity index (χ1) is 5.25. The first kappa shape index (κ1) is 7.53. The Labute approximate surface area is 66.0 Å². The third kappa shape index (κ3) is 1.41. The summed E-state index contributed by atoms with van der Waals surface area (Å²) < 4.78 is 5.54. The van der Waals surface area contributed by atoms with E-state index in [9.17, 15) is 10.2 Å². The van der Waals surface area contributed by atoms with Crippen molar-refractivity contribution in [3.63, 3.8) is 0 Å². The van der Waals surface area contributed by atoms with Gasteiger partial charge in [-0.1, -0.05) is 0 Å². The fraction of sp³-hybridized carbons (Fsp3) is 1.00. The van der Waals surface area contributed by atoms with Crippen LogP contribution in [-0.4, -0.2) is 34.6 Å². The Hall–Kier alpha value is -0.120. The molecule has 0 amide bonds. The number of hydrogen-bond acceptors (Lipinski definition) is 3. The monoisotopic (exact) mass is 158 g/mol. The minimum atomic E-state index is -0.565. The second kappa shape index (κ2) is 2.73. The van der Waals surface area contributed by atoms with Gasteiger partial charge >= 0.3 is 0 Å². The Morgan fingerprint density at radius 2 is 1.36 bits per heavy atom. The van der Waals surface area contributed by atoms with Crippen LogP contribution < -0.4 is 0 Å². The summed E-state index contributed by atoms with van der Waals surface area (Å²) in [6, 6.07) is 0. The molecule has 2 aliphatic heterocycles. The fourth-order valence-corrected chi connectivity index (χ4v) is 1.98. The van der Waals surface area contributed by atoms with Crippen LogP contribution in [0.15, 0.2) is 0 Å². The lowest BCUT2D eigenvalue weighted by Gasteiger charge is -2.17. The average molecular weight is 158 g/mol. The number of ether oxygens (including phenoxy) is 1. The van der Waals surface area contributed by atoms with Crippen LogP contribution in [0.3, 0.4) is 0 Å². The summed E-state index contributed by atoms with van der Waals surface area (Å²) in [6.07, 6.45) is 2.59. The molecule has 0 radical (unpaired) electrons. The van der Waals surface area contributed by atoms with Gasteiger partial charge in [0.05, 0.1) is 24.4 Å². The fourth-order valence-electron chi connectivity index (χ4n) is 1.98. The summed E-state index contributed by atoms with van der Waals surface area (Å²) in [7, 11) is 0. The summed E-state index contributed by atoms with van der Waals surface area (Å²) in [5.74, 6) is 0. The summed E-state index contributed by atoms with van der Waals surface area (Å²) in [6.45, 7) is 0. The van der Waals surface area contributed by atoms with Gasteiger partial charge in [0, 0.05) is 12.8 Å². The van der Waals surface area contributed by atoms with E-state index in [-0.39, 0.29) is 12.2 Å². The van der Waals surface area contributed by atoms with E-state index in [1.807, 2.05) is 0 Å². The van der Waals surface area contributed by atoms with Crippen molar-refractivity contribution >= 4 is 0 Å². The van der Waals surface area contributed by atoms with Gasteiger partial charge in [-0.25, -0.2) is 0 Å². The summed E-state index contributed by atoms with van der Waals surface area (Å²) in [5, 5.41) is 18.7. The molecule has 2 fully saturated rings. The smallest absolute Gasteiger partial charge is 0.0824 e. The molecule has 2 rings (SSSR count). The van der Waals surface area contributed by atoms with E-state index in [4.69, 9.17) is 4.74 Å². The van der Waals surface area contributed by atoms with Gasteiger partial charge in [-0.05, 0) is 12.8 Å². The van der Waals surface area contributed by atoms with Gasteiger partial charge in [-0.15, -0.1) is 0 Å². The Morgan fingerprint density at radius 3 is 1.82 bits per heavy atom. The zero-order chi connectivity index (χ0) is 7.84. The van der Waals surface area contributed by atoms with E-state index in [2.05, 4.69) is 0 Å². The molecule has 4 unspecified atom stereocenters. The van der Waals surface area contributed by atoms with Gasteiger partial charge in [0.1, 0.15) is 0 Å². The molecule has 2 saturated heterocycles. The van der Waals surface area contributed by atoms with Gasteiger partial charge in [0.2, 0.25) is 0 Å². The lowest BCUT2D eigenvalue weighted by Crippen LogP contribution is -2.29. The maximum absolute atomic E-state index is 9.35. The second-order valence-electron chi connectivity index (χ2n) is 3.56. The molecule has 0 spiro atoms. The lowest BCUT2D eigenvalue weighted by atomic mass is 9.96. The molecule has 2 N–H and O–H groups in total. The highest BCUT2D eigenvalue weighted by Crippen LogP contribution is 2.31. The molecule has 2 bridgehead atoms. The molecule has 2 heterocycles. The predicted molar refractivity (Wildman–Crippen MR) is 39.1 cm³/mol. The van der Waals surface area contributed by atoms with Gasteiger partial charge in [-0.2, -0.15) is 0 Å². The van der Waals surface area contributed by atoms with Gasteiger partial charge in [-0.3, -0.25) is 0 Å². The van der Waals surface area contributed by atoms with Crippen molar-refractivity contribution in [3.05, 3.63) is 0 Å². The highest BCUT2D eigenvalue weighted by atomic mass is 16.5. The number of hydrogen-bond donors (Lipinski definition) is 2. The zero-order valence-electron chi connectivity index (χ0n) is 6.44. The SMILES string of the molecule is OC1CC2CCC(CC1O)O2. The van der Waals surface area contributed by atoms with Crippen LogP contribution >= 0.6 is 0 Å². The van der Waals surface area contributed by atoms with Crippen molar-refractivity contribution in [2.75, 3.05) is 0 Å². The van der Waals surface area contributed by atoms with Crippen molar-refractivity contribution < 1.29 is 14.9 Å². The Bertz CT molecular complexity index is 132. The number of aliphatic hydroxyl groups is 2. The normalized spacial score (nSPS) is 50.7. The van der Waals surface area contributed by atoms with Crippen molar-refractivity contribution in [1.82, 2.24) is 0 Å². The number of rotatable bonds is 0. The lowest BCUT2D eigenvalue weighted by molar-refractivity contribution is 0.00842. The maximum Gasteiger partial charge on any atom is 0.0824 e. The minimum Gasteiger partial charge on any atom is -0.390 e. The van der Waals surface area contributed by atoms with E-state index in [1.54, 1.807) is 0 Å². The van der Waals surface area contributed by atoms with Crippen LogP contribution in [0, 0.1) is 0 Å². The Balaban J connectivity index is 2.04. The van der Waals surface area contributed by atoms with Crippen molar-refractivity contribution in [1.29, 1.82) is 0 Å². The zero-order valence-corrected chi connectivity index (χ0v) is 6.44. The Kier molecular flexibility index (Phi) is 1.87. The van der Waals surface area contributed by atoms with E-state index in [0.29, 0.717) is 12.8 Å². The highest BCUT2D eigenvalue weighted by molar-refractivity contribution is 4.85. The summed E-state index contributed by atoms with van der Waals surface area (Å²) >= 11 is 0. The molecule has 0 aliphatic carbocycles. The molecule has 0 aromatic heterocycles. The van der Waals surface area contributed by atoms with Gasteiger partial charge in [0.15, 0.2) is 0 Å². The second-order valence-corrected chi connectivity index (χ2v) is 3.56. The standard InChI is InChI=1S/C8H14O3/c9-7-3-5-1-2-6(11-5)4-8(7)10/h5-10H,1-4H2. The summed E-state index contributed by atoms with van der Waals surface area (Å²) in [5.41, 5.74) is 0. The molecule has 0 saturated carbocycles. The van der Waals surface area contributed by atoms with Crippen LogP contribution in [0.4, 0.5) is 0 Å². The van der Waals surface area contributed by atoms with Crippen LogP contribution in [0.25, 0.3) is 0 Å². The molecule has 64 valence electrons. The number of fused-ring (bicyclic) bond motifs is 2. The van der Waals surface area contributed by atoms with Crippen LogP contribution in [0.2, 0.25) is 0 Å². The minimum absolute atomic E-state index is 0.201. The highest BCUT2D eigenvalue weighted by Gasteiger charge is 2.35. The number of aliphatic hydroxyl groups excluding tert-OH is 2. The molecular formula is C8H14O3. The summed E-state index contributed by atoms with van der Waals surface area (Å²) in [4.78, 5) is 0. The first-order valence-corrected chi connectivity index (χ1v) is 4.27. The molecule has 4 atom stereocenters. The average Bonchev–Trinajstić information content (AvgIpc) is 2.30.